The van der Waals surface area contributed by atoms with Crippen LogP contribution in [0.1, 0.15) is 17.5 Å². The van der Waals surface area contributed by atoms with Gasteiger partial charge in [0, 0.05) is 6.08 Å². The number of para-hydroxylation sites is 1. The fourth-order valence-corrected chi connectivity index (χ4v) is 3.36. The Hall–Kier alpha value is -2.92. The van der Waals surface area contributed by atoms with Crippen LogP contribution >= 0.6 is 11.3 Å². The number of methoxy groups -OCH3 is 1. The monoisotopic (exact) mass is 365 g/mol. The lowest BCUT2D eigenvalue weighted by Crippen LogP contribution is -1.99. The Morgan fingerprint density at radius 2 is 1.88 bits per heavy atom. The van der Waals surface area contributed by atoms with Gasteiger partial charge in [-0.15, -0.1) is 11.3 Å². The van der Waals surface area contributed by atoms with Crippen molar-refractivity contribution in [2.24, 2.45) is 0 Å². The van der Waals surface area contributed by atoms with Crippen LogP contribution in [0.4, 0.5) is 0 Å². The summed E-state index contributed by atoms with van der Waals surface area (Å²) in [5.74, 6) is 0.415. The van der Waals surface area contributed by atoms with Crippen molar-refractivity contribution in [1.82, 2.24) is 4.98 Å². The van der Waals surface area contributed by atoms with E-state index in [1.807, 2.05) is 54.6 Å². The lowest BCUT2D eigenvalue weighted by molar-refractivity contribution is -0.137. The summed E-state index contributed by atoms with van der Waals surface area (Å²) < 4.78 is 11.3. The molecule has 0 saturated carbocycles. The standard InChI is InChI=1S/C21H19NO3S/c1-3-25-21(23)13-10-16(15-8-11-17(24-2)12-9-15)14-20-22-18-6-4-5-7-19(18)26-20/h4-14H,3H2,1-2H3/b13-10+,16-14+. The molecule has 0 aliphatic heterocycles. The Labute approximate surface area is 156 Å². The summed E-state index contributed by atoms with van der Waals surface area (Å²) >= 11 is 1.61. The molecule has 0 spiro atoms. The zero-order chi connectivity index (χ0) is 18.4. The minimum atomic E-state index is -0.365. The molecule has 0 atom stereocenters. The topological polar surface area (TPSA) is 48.4 Å². The average Bonchev–Trinajstić information content (AvgIpc) is 3.08. The molecule has 0 aliphatic rings. The Morgan fingerprint density at radius 1 is 1.12 bits per heavy atom. The van der Waals surface area contributed by atoms with Gasteiger partial charge in [0.25, 0.3) is 0 Å². The third-order valence-electron chi connectivity index (χ3n) is 3.70. The van der Waals surface area contributed by atoms with Crippen LogP contribution in [0, 0.1) is 0 Å². The van der Waals surface area contributed by atoms with Gasteiger partial charge in [-0.1, -0.05) is 24.3 Å². The van der Waals surface area contributed by atoms with Crippen LogP contribution in [0.2, 0.25) is 0 Å². The molecule has 26 heavy (non-hydrogen) atoms. The predicted octanol–water partition coefficient (Wildman–Crippen LogP) is 4.96. The Bertz CT molecular complexity index is 922. The number of nitrogens with zero attached hydrogens (tertiary/aromatic N) is 1. The fourth-order valence-electron chi connectivity index (χ4n) is 2.44. The quantitative estimate of drug-likeness (QED) is 0.352. The molecule has 1 heterocycles. The maximum Gasteiger partial charge on any atom is 0.330 e. The van der Waals surface area contributed by atoms with Crippen molar-refractivity contribution < 1.29 is 14.3 Å². The molecule has 132 valence electrons. The second-order valence-corrected chi connectivity index (χ2v) is 6.50. The fraction of sp³-hybridized carbons (Fsp3) is 0.143. The van der Waals surface area contributed by atoms with E-state index in [0.717, 1.165) is 32.1 Å². The molecule has 3 aromatic rings. The third kappa shape index (κ3) is 4.37. The van der Waals surface area contributed by atoms with Gasteiger partial charge in [-0.05, 0) is 54.5 Å². The van der Waals surface area contributed by atoms with Crippen LogP contribution in [0.5, 0.6) is 5.75 Å². The highest BCUT2D eigenvalue weighted by atomic mass is 32.1. The summed E-state index contributed by atoms with van der Waals surface area (Å²) in [4.78, 5) is 16.3. The molecule has 3 rings (SSSR count). The van der Waals surface area contributed by atoms with Gasteiger partial charge < -0.3 is 9.47 Å². The minimum Gasteiger partial charge on any atom is -0.497 e. The lowest BCUT2D eigenvalue weighted by Gasteiger charge is -2.05. The van der Waals surface area contributed by atoms with E-state index in [1.165, 1.54) is 6.08 Å². The molecule has 0 amide bonds. The van der Waals surface area contributed by atoms with Crippen molar-refractivity contribution in [3.05, 3.63) is 71.3 Å². The second kappa shape index (κ2) is 8.45. The maximum absolute atomic E-state index is 11.7. The van der Waals surface area contributed by atoms with Crippen LogP contribution in [-0.4, -0.2) is 24.7 Å². The SMILES string of the molecule is CCOC(=O)/C=C/C(=C\c1nc2ccccc2s1)c1ccc(OC)cc1. The highest BCUT2D eigenvalue weighted by Gasteiger charge is 2.05. The maximum atomic E-state index is 11.7. The summed E-state index contributed by atoms with van der Waals surface area (Å²) in [6.45, 7) is 2.13. The molecule has 0 saturated heterocycles. The summed E-state index contributed by atoms with van der Waals surface area (Å²) in [6, 6.07) is 15.7. The van der Waals surface area contributed by atoms with Gasteiger partial charge in [0.2, 0.25) is 0 Å². The molecule has 0 bridgehead atoms. The van der Waals surface area contributed by atoms with Gasteiger partial charge in [-0.3, -0.25) is 0 Å². The van der Waals surface area contributed by atoms with E-state index in [1.54, 1.807) is 31.4 Å². The zero-order valence-corrected chi connectivity index (χ0v) is 15.5. The number of aromatic nitrogens is 1. The average molecular weight is 365 g/mol. The van der Waals surface area contributed by atoms with Crippen LogP contribution in [-0.2, 0) is 9.53 Å². The van der Waals surface area contributed by atoms with Crippen molar-refractivity contribution >= 4 is 39.2 Å². The van der Waals surface area contributed by atoms with E-state index in [4.69, 9.17) is 9.47 Å². The molecule has 0 aliphatic carbocycles. The van der Waals surface area contributed by atoms with E-state index in [0.29, 0.717) is 6.61 Å². The number of thiazole rings is 1. The molecule has 1 aromatic heterocycles. The number of carbonyl (C=O) groups is 1. The van der Waals surface area contributed by atoms with Crippen molar-refractivity contribution in [2.75, 3.05) is 13.7 Å². The van der Waals surface area contributed by atoms with Gasteiger partial charge >= 0.3 is 5.97 Å². The minimum absolute atomic E-state index is 0.350. The van der Waals surface area contributed by atoms with Crippen molar-refractivity contribution in [3.63, 3.8) is 0 Å². The van der Waals surface area contributed by atoms with E-state index in [9.17, 15) is 4.79 Å². The first-order chi connectivity index (χ1) is 12.7. The van der Waals surface area contributed by atoms with Crippen LogP contribution in [0.25, 0.3) is 21.9 Å². The summed E-state index contributed by atoms with van der Waals surface area (Å²) in [5, 5.41) is 0.880. The van der Waals surface area contributed by atoms with Crippen molar-refractivity contribution in [3.8, 4) is 5.75 Å². The Morgan fingerprint density at radius 3 is 2.58 bits per heavy atom. The first-order valence-electron chi connectivity index (χ1n) is 8.26. The highest BCUT2D eigenvalue weighted by molar-refractivity contribution is 7.19. The van der Waals surface area contributed by atoms with Crippen LogP contribution in [0.3, 0.4) is 0 Å². The molecule has 0 fully saturated rings. The number of allylic oxidation sites excluding steroid dienone is 2. The summed E-state index contributed by atoms with van der Waals surface area (Å²) in [6.07, 6.45) is 5.17. The number of ether oxygens (including phenoxy) is 2. The molecule has 2 aromatic carbocycles. The summed E-state index contributed by atoms with van der Waals surface area (Å²) in [7, 11) is 1.63. The van der Waals surface area contributed by atoms with E-state index in [-0.39, 0.29) is 5.97 Å². The van der Waals surface area contributed by atoms with E-state index < -0.39 is 0 Å². The highest BCUT2D eigenvalue weighted by Crippen LogP contribution is 2.27. The zero-order valence-electron chi connectivity index (χ0n) is 14.6. The normalized spacial score (nSPS) is 11.8. The van der Waals surface area contributed by atoms with Gasteiger partial charge in [-0.2, -0.15) is 0 Å². The molecule has 0 N–H and O–H groups in total. The molecule has 0 radical (unpaired) electrons. The molecule has 0 unspecified atom stereocenters. The van der Waals surface area contributed by atoms with Gasteiger partial charge in [0.05, 0.1) is 23.9 Å². The van der Waals surface area contributed by atoms with Crippen molar-refractivity contribution in [2.45, 2.75) is 6.92 Å². The van der Waals surface area contributed by atoms with Crippen molar-refractivity contribution in [1.29, 1.82) is 0 Å². The number of benzene rings is 2. The molecule has 5 heteroatoms. The van der Waals surface area contributed by atoms with Gasteiger partial charge in [-0.25, -0.2) is 9.78 Å². The Kier molecular flexibility index (Phi) is 5.81. The predicted molar refractivity (Wildman–Crippen MR) is 106 cm³/mol. The largest absolute Gasteiger partial charge is 0.497 e. The number of fused-ring (bicyclic) bond motifs is 1. The van der Waals surface area contributed by atoms with Crippen LogP contribution < -0.4 is 4.74 Å². The Balaban J connectivity index is 1.98. The van der Waals surface area contributed by atoms with E-state index in [2.05, 4.69) is 4.98 Å². The third-order valence-corrected chi connectivity index (χ3v) is 4.68. The number of carbonyl (C=O) groups excluding carboxylic acids is 1. The number of rotatable bonds is 6. The lowest BCUT2D eigenvalue weighted by atomic mass is 10.0. The van der Waals surface area contributed by atoms with Crippen LogP contribution in [0.15, 0.2) is 60.7 Å². The first-order valence-corrected chi connectivity index (χ1v) is 9.08. The van der Waals surface area contributed by atoms with Gasteiger partial charge in [0.15, 0.2) is 0 Å². The number of hydrogen-bond donors (Lipinski definition) is 0. The smallest absolute Gasteiger partial charge is 0.330 e. The molecule has 4 nitrogen and oxygen atoms in total. The number of hydrogen-bond acceptors (Lipinski definition) is 5. The summed E-state index contributed by atoms with van der Waals surface area (Å²) in [5.41, 5.74) is 2.80. The van der Waals surface area contributed by atoms with E-state index >= 15 is 0 Å². The molecular formula is C21H19NO3S. The number of esters is 1. The second-order valence-electron chi connectivity index (χ2n) is 5.43. The molecular weight excluding hydrogens is 346 g/mol. The van der Waals surface area contributed by atoms with Gasteiger partial charge in [0.1, 0.15) is 10.8 Å². The first kappa shape index (κ1) is 17.9.